The highest BCUT2D eigenvalue weighted by atomic mass is 16.5. The number of carbonyl (C=O) groups is 1. The van der Waals surface area contributed by atoms with E-state index < -0.39 is 5.60 Å². The van der Waals surface area contributed by atoms with Gasteiger partial charge in [-0.1, -0.05) is 29.8 Å². The van der Waals surface area contributed by atoms with Gasteiger partial charge in [0.15, 0.2) is 0 Å². The molecule has 1 aromatic heterocycles. The Labute approximate surface area is 213 Å². The first-order valence-corrected chi connectivity index (χ1v) is 12.4. The summed E-state index contributed by atoms with van der Waals surface area (Å²) in [5, 5.41) is 11.5. The van der Waals surface area contributed by atoms with Crippen LogP contribution in [-0.4, -0.2) is 75.4 Å². The highest BCUT2D eigenvalue weighted by molar-refractivity contribution is 5.73. The van der Waals surface area contributed by atoms with E-state index in [4.69, 9.17) is 9.47 Å². The number of aromatic nitrogens is 2. The van der Waals surface area contributed by atoms with E-state index in [-0.39, 0.29) is 19.1 Å². The van der Waals surface area contributed by atoms with Crippen molar-refractivity contribution in [1.29, 1.82) is 0 Å². The second-order valence-electron chi connectivity index (χ2n) is 9.64. The molecule has 0 unspecified atom stereocenters. The van der Waals surface area contributed by atoms with Crippen LogP contribution in [0.15, 0.2) is 60.9 Å². The van der Waals surface area contributed by atoms with Gasteiger partial charge in [0.1, 0.15) is 36.1 Å². The van der Waals surface area contributed by atoms with Crippen LogP contribution in [0.3, 0.4) is 0 Å². The standard InChI is InChI=1S/C28H36N4O4/c1-22-4-8-27(9-5-22)36-21-28(34)19-30(14-15-32(20-28)24(3)33)18-25-6-10-26(11-7-25)35-17-16-31-13-12-29-23(31)2/h4-13,34H,14-21H2,1-3H3/t28-/m0/s1. The molecule has 36 heavy (non-hydrogen) atoms. The molecule has 2 heterocycles. The average molecular weight is 493 g/mol. The minimum atomic E-state index is -1.18. The Balaban J connectivity index is 1.35. The number of rotatable bonds is 9. The minimum absolute atomic E-state index is 0.0435. The zero-order valence-electron chi connectivity index (χ0n) is 21.4. The van der Waals surface area contributed by atoms with Gasteiger partial charge < -0.3 is 24.0 Å². The third-order valence-corrected chi connectivity index (χ3v) is 6.52. The molecule has 4 rings (SSSR count). The maximum absolute atomic E-state index is 12.2. The number of amides is 1. The van der Waals surface area contributed by atoms with Gasteiger partial charge in [0.25, 0.3) is 0 Å². The smallest absolute Gasteiger partial charge is 0.219 e. The summed E-state index contributed by atoms with van der Waals surface area (Å²) in [5.74, 6) is 2.45. The van der Waals surface area contributed by atoms with E-state index in [0.29, 0.717) is 38.5 Å². The summed E-state index contributed by atoms with van der Waals surface area (Å²) in [6, 6.07) is 15.8. The Kier molecular flexibility index (Phi) is 8.28. The lowest BCUT2D eigenvalue weighted by molar-refractivity contribution is -0.132. The lowest BCUT2D eigenvalue weighted by Gasteiger charge is -2.32. The maximum atomic E-state index is 12.2. The number of aryl methyl sites for hydroxylation is 2. The quantitative estimate of drug-likeness (QED) is 0.495. The molecule has 1 saturated heterocycles. The lowest BCUT2D eigenvalue weighted by Crippen LogP contribution is -2.51. The molecule has 1 N–H and O–H groups in total. The van der Waals surface area contributed by atoms with E-state index in [0.717, 1.165) is 29.2 Å². The van der Waals surface area contributed by atoms with Gasteiger partial charge in [-0.3, -0.25) is 9.69 Å². The van der Waals surface area contributed by atoms with Crippen LogP contribution < -0.4 is 9.47 Å². The molecule has 8 heteroatoms. The molecule has 0 spiro atoms. The average Bonchev–Trinajstić information content (AvgIpc) is 3.18. The zero-order valence-corrected chi connectivity index (χ0v) is 21.4. The summed E-state index contributed by atoms with van der Waals surface area (Å²) in [7, 11) is 0. The Morgan fingerprint density at radius 2 is 1.69 bits per heavy atom. The van der Waals surface area contributed by atoms with Gasteiger partial charge in [-0.05, 0) is 43.7 Å². The topological polar surface area (TPSA) is 80.1 Å². The first-order valence-electron chi connectivity index (χ1n) is 12.4. The first-order chi connectivity index (χ1) is 17.3. The summed E-state index contributed by atoms with van der Waals surface area (Å²) in [6.07, 6.45) is 3.74. The van der Waals surface area contributed by atoms with E-state index >= 15 is 0 Å². The number of imidazole rings is 1. The summed E-state index contributed by atoms with van der Waals surface area (Å²) in [5.41, 5.74) is 1.08. The number of β-amino-alcohol motifs (C(OH)–C–C–N with tert-alkyl or cyclic N) is 1. The van der Waals surface area contributed by atoms with E-state index in [2.05, 4.69) is 14.5 Å². The van der Waals surface area contributed by atoms with Crippen LogP contribution in [-0.2, 0) is 17.9 Å². The first kappa shape index (κ1) is 25.7. The van der Waals surface area contributed by atoms with Crippen LogP contribution in [0.4, 0.5) is 0 Å². The Hall–Kier alpha value is -3.36. The summed E-state index contributed by atoms with van der Waals surface area (Å²) < 4.78 is 13.9. The van der Waals surface area contributed by atoms with Crippen molar-refractivity contribution in [3.8, 4) is 11.5 Å². The molecule has 1 fully saturated rings. The maximum Gasteiger partial charge on any atom is 0.219 e. The molecule has 2 aromatic carbocycles. The van der Waals surface area contributed by atoms with Crippen molar-refractivity contribution < 1.29 is 19.4 Å². The van der Waals surface area contributed by atoms with Crippen LogP contribution >= 0.6 is 0 Å². The molecular weight excluding hydrogens is 456 g/mol. The van der Waals surface area contributed by atoms with Crippen molar-refractivity contribution in [2.75, 3.05) is 39.4 Å². The Bertz CT molecular complexity index is 1130. The number of carbonyl (C=O) groups excluding carboxylic acids is 1. The number of benzene rings is 2. The van der Waals surface area contributed by atoms with Crippen molar-refractivity contribution >= 4 is 5.91 Å². The van der Waals surface area contributed by atoms with Gasteiger partial charge in [-0.25, -0.2) is 4.98 Å². The van der Waals surface area contributed by atoms with Crippen LogP contribution in [0.1, 0.15) is 23.9 Å². The Morgan fingerprint density at radius 1 is 1.00 bits per heavy atom. The second-order valence-corrected chi connectivity index (χ2v) is 9.64. The van der Waals surface area contributed by atoms with Gasteiger partial charge in [-0.15, -0.1) is 0 Å². The molecule has 8 nitrogen and oxygen atoms in total. The summed E-state index contributed by atoms with van der Waals surface area (Å²) in [6.45, 7) is 9.52. The number of ether oxygens (including phenoxy) is 2. The highest BCUT2D eigenvalue weighted by Gasteiger charge is 2.36. The molecule has 1 aliphatic heterocycles. The fourth-order valence-corrected chi connectivity index (χ4v) is 4.44. The highest BCUT2D eigenvalue weighted by Crippen LogP contribution is 2.21. The molecule has 1 amide bonds. The summed E-state index contributed by atoms with van der Waals surface area (Å²) in [4.78, 5) is 20.3. The predicted octanol–water partition coefficient (Wildman–Crippen LogP) is 3.05. The predicted molar refractivity (Wildman–Crippen MR) is 138 cm³/mol. The van der Waals surface area contributed by atoms with Gasteiger partial charge in [0.05, 0.1) is 13.1 Å². The van der Waals surface area contributed by atoms with E-state index in [1.165, 1.54) is 0 Å². The number of hydrogen-bond acceptors (Lipinski definition) is 6. The number of hydrogen-bond donors (Lipinski definition) is 1. The molecule has 0 saturated carbocycles. The largest absolute Gasteiger partial charge is 0.492 e. The lowest BCUT2D eigenvalue weighted by atomic mass is 10.0. The second kappa shape index (κ2) is 11.6. The van der Waals surface area contributed by atoms with Crippen molar-refractivity contribution in [3.05, 3.63) is 77.9 Å². The molecule has 0 radical (unpaired) electrons. The van der Waals surface area contributed by atoms with Crippen molar-refractivity contribution in [2.24, 2.45) is 0 Å². The molecule has 1 aliphatic rings. The third-order valence-electron chi connectivity index (χ3n) is 6.52. The molecule has 0 bridgehead atoms. The van der Waals surface area contributed by atoms with Gasteiger partial charge in [-0.2, -0.15) is 0 Å². The number of nitrogens with zero attached hydrogens (tertiary/aromatic N) is 4. The van der Waals surface area contributed by atoms with E-state index in [1.807, 2.05) is 68.6 Å². The third kappa shape index (κ3) is 7.08. The monoisotopic (exact) mass is 492 g/mol. The van der Waals surface area contributed by atoms with Gasteiger partial charge in [0, 0.05) is 45.5 Å². The van der Waals surface area contributed by atoms with Crippen molar-refractivity contribution in [1.82, 2.24) is 19.4 Å². The minimum Gasteiger partial charge on any atom is -0.492 e. The fraction of sp³-hybridized carbons (Fsp3) is 0.429. The Morgan fingerprint density at radius 3 is 2.36 bits per heavy atom. The molecule has 0 aliphatic carbocycles. The van der Waals surface area contributed by atoms with Gasteiger partial charge in [0.2, 0.25) is 5.91 Å². The van der Waals surface area contributed by atoms with Crippen LogP contribution in [0.25, 0.3) is 0 Å². The van der Waals surface area contributed by atoms with Crippen molar-refractivity contribution in [3.63, 3.8) is 0 Å². The molecule has 1 atom stereocenters. The van der Waals surface area contributed by atoms with Gasteiger partial charge >= 0.3 is 0 Å². The van der Waals surface area contributed by atoms with Crippen LogP contribution in [0, 0.1) is 13.8 Å². The summed E-state index contributed by atoms with van der Waals surface area (Å²) >= 11 is 0. The fourth-order valence-electron chi connectivity index (χ4n) is 4.44. The number of aliphatic hydroxyl groups is 1. The zero-order chi connectivity index (χ0) is 25.5. The molecule has 192 valence electrons. The normalized spacial score (nSPS) is 18.6. The van der Waals surface area contributed by atoms with E-state index in [9.17, 15) is 9.90 Å². The van der Waals surface area contributed by atoms with Crippen molar-refractivity contribution in [2.45, 2.75) is 39.5 Å². The molecule has 3 aromatic rings. The SMILES string of the molecule is CC(=O)N1CCN(Cc2ccc(OCCn3ccnc3C)cc2)C[C@@](O)(COc2ccc(C)cc2)C1. The van der Waals surface area contributed by atoms with E-state index in [1.54, 1.807) is 18.0 Å². The molecular formula is C28H36N4O4. The van der Waals surface area contributed by atoms with Crippen LogP contribution in [0.2, 0.25) is 0 Å². The van der Waals surface area contributed by atoms with Crippen LogP contribution in [0.5, 0.6) is 11.5 Å².